The number of phenolic OH excluding ortho intramolecular Hbond substituents is 1. The summed E-state index contributed by atoms with van der Waals surface area (Å²) in [4.78, 5) is 33.2. The number of aromatic nitrogens is 2. The summed E-state index contributed by atoms with van der Waals surface area (Å²) in [6.45, 7) is 4.70. The number of amides is 1. The summed E-state index contributed by atoms with van der Waals surface area (Å²) < 4.78 is 12.5. The molecule has 5 rings (SSSR count). The number of hydrogen-bond acceptors (Lipinski definition) is 9. The maximum absolute atomic E-state index is 13.8. The summed E-state index contributed by atoms with van der Waals surface area (Å²) in [5, 5.41) is 15.0. The monoisotopic (exact) mass is 564 g/mol. The first-order valence-electron chi connectivity index (χ1n) is 12.7. The molecule has 1 aliphatic rings. The molecule has 0 radical (unpaired) electrons. The van der Waals surface area contributed by atoms with Gasteiger partial charge >= 0.3 is 0 Å². The van der Waals surface area contributed by atoms with Crippen LogP contribution in [0.15, 0.2) is 57.5 Å². The molecule has 2 N–H and O–H groups in total. The van der Waals surface area contributed by atoms with Crippen molar-refractivity contribution in [3.8, 4) is 22.9 Å². The van der Waals surface area contributed by atoms with Crippen molar-refractivity contribution in [2.45, 2.75) is 38.3 Å². The van der Waals surface area contributed by atoms with E-state index < -0.39 is 0 Å². The fourth-order valence-electron chi connectivity index (χ4n) is 4.43. The first-order chi connectivity index (χ1) is 19.0. The van der Waals surface area contributed by atoms with Crippen LogP contribution >= 0.6 is 23.1 Å². The number of hydrogen-bond donors (Lipinski definition) is 2. The first-order valence-corrected chi connectivity index (χ1v) is 14.5. The molecule has 202 valence electrons. The average Bonchev–Trinajstić information content (AvgIpc) is 3.51. The number of aryl methyl sites for hydroxylation is 2. The Labute approximate surface area is 233 Å². The standard InChI is InChI=1S/C28H28N4O5S2/c1-3-36-19-11-9-18(10-12-19)32-27(35)25-20-6-5-7-23(20)39-26(25)30-28(32)38-16-24(34)31-29-15-17-8-13-21(33)22(14-17)37-4-2/h8-15,33H,3-7,16H2,1-2H3,(H,31,34)/b29-15+. The van der Waals surface area contributed by atoms with E-state index in [2.05, 4.69) is 10.5 Å². The van der Waals surface area contributed by atoms with Crippen LogP contribution < -0.4 is 20.5 Å². The number of aromatic hydroxyl groups is 1. The van der Waals surface area contributed by atoms with Crippen LogP contribution in [0.1, 0.15) is 36.3 Å². The zero-order valence-corrected chi connectivity index (χ0v) is 23.2. The van der Waals surface area contributed by atoms with Crippen molar-refractivity contribution in [3.05, 3.63) is 68.8 Å². The summed E-state index contributed by atoms with van der Waals surface area (Å²) in [5.41, 5.74) is 4.81. The molecule has 1 amide bonds. The van der Waals surface area contributed by atoms with E-state index in [0.29, 0.717) is 51.3 Å². The van der Waals surface area contributed by atoms with Gasteiger partial charge in [-0.25, -0.2) is 10.4 Å². The topological polar surface area (TPSA) is 115 Å². The van der Waals surface area contributed by atoms with Gasteiger partial charge in [-0.3, -0.25) is 14.2 Å². The molecule has 2 heterocycles. The van der Waals surface area contributed by atoms with Gasteiger partial charge in [0.2, 0.25) is 0 Å². The number of phenols is 1. The molecule has 0 unspecified atom stereocenters. The molecule has 2 aromatic carbocycles. The Balaban J connectivity index is 1.37. The van der Waals surface area contributed by atoms with Crippen LogP contribution in [-0.2, 0) is 17.6 Å². The highest BCUT2D eigenvalue weighted by Crippen LogP contribution is 2.36. The van der Waals surface area contributed by atoms with E-state index in [1.807, 2.05) is 38.1 Å². The molecule has 0 saturated carbocycles. The Bertz CT molecular complexity index is 1590. The average molecular weight is 565 g/mol. The number of nitrogens with zero attached hydrogens (tertiary/aromatic N) is 3. The van der Waals surface area contributed by atoms with Gasteiger partial charge in [0.05, 0.1) is 36.3 Å². The van der Waals surface area contributed by atoms with Crippen molar-refractivity contribution in [1.82, 2.24) is 15.0 Å². The lowest BCUT2D eigenvalue weighted by molar-refractivity contribution is -0.118. The third kappa shape index (κ3) is 5.79. The maximum Gasteiger partial charge on any atom is 0.267 e. The van der Waals surface area contributed by atoms with Gasteiger partial charge < -0.3 is 14.6 Å². The molecule has 0 spiro atoms. The van der Waals surface area contributed by atoms with Gasteiger partial charge in [0, 0.05) is 4.88 Å². The second-order valence-electron chi connectivity index (χ2n) is 8.74. The maximum atomic E-state index is 13.8. The third-order valence-corrected chi connectivity index (χ3v) is 8.26. The summed E-state index contributed by atoms with van der Waals surface area (Å²) in [7, 11) is 0. The fraction of sp³-hybridized carbons (Fsp3) is 0.286. The third-order valence-electron chi connectivity index (χ3n) is 6.13. The molecule has 0 saturated heterocycles. The number of carbonyl (C=O) groups is 1. The minimum atomic E-state index is -0.346. The number of hydrazone groups is 1. The van der Waals surface area contributed by atoms with E-state index in [9.17, 15) is 14.7 Å². The van der Waals surface area contributed by atoms with E-state index in [0.717, 1.165) is 24.8 Å². The Morgan fingerprint density at radius 1 is 1.18 bits per heavy atom. The highest BCUT2D eigenvalue weighted by atomic mass is 32.2. The second kappa shape index (κ2) is 11.9. The number of nitrogens with one attached hydrogen (secondary N) is 1. The van der Waals surface area contributed by atoms with E-state index in [4.69, 9.17) is 14.5 Å². The number of benzene rings is 2. The van der Waals surface area contributed by atoms with E-state index in [-0.39, 0.29) is 23.0 Å². The normalized spacial score (nSPS) is 12.7. The number of ether oxygens (including phenoxy) is 2. The Kier molecular flexibility index (Phi) is 8.18. The van der Waals surface area contributed by atoms with E-state index >= 15 is 0 Å². The van der Waals surface area contributed by atoms with Crippen LogP contribution in [-0.4, -0.2) is 45.7 Å². The number of thiophene rings is 1. The molecule has 0 atom stereocenters. The molecule has 0 bridgehead atoms. The van der Waals surface area contributed by atoms with Crippen LogP contribution in [0.3, 0.4) is 0 Å². The SMILES string of the molecule is CCOc1ccc(-n2c(SCC(=O)N/N=C/c3ccc(O)c(OCC)c3)nc3sc4c(c3c2=O)CCC4)cc1. The lowest BCUT2D eigenvalue weighted by atomic mass is 10.2. The Hall–Kier alpha value is -3.83. The van der Waals surface area contributed by atoms with Gasteiger partial charge in [0.1, 0.15) is 10.6 Å². The number of carbonyl (C=O) groups excluding carboxylic acids is 1. The molecule has 39 heavy (non-hydrogen) atoms. The van der Waals surface area contributed by atoms with Crippen LogP contribution in [0.2, 0.25) is 0 Å². The summed E-state index contributed by atoms with van der Waals surface area (Å²) in [6.07, 6.45) is 4.37. The molecular weight excluding hydrogens is 536 g/mol. The molecule has 4 aromatic rings. The van der Waals surface area contributed by atoms with Crippen LogP contribution in [0.25, 0.3) is 15.9 Å². The highest BCUT2D eigenvalue weighted by Gasteiger charge is 2.24. The summed E-state index contributed by atoms with van der Waals surface area (Å²) in [6, 6.07) is 12.1. The van der Waals surface area contributed by atoms with E-state index in [1.165, 1.54) is 28.9 Å². The Morgan fingerprint density at radius 2 is 1.97 bits per heavy atom. The molecule has 0 fully saturated rings. The van der Waals surface area contributed by atoms with Gasteiger partial charge in [0.25, 0.3) is 11.5 Å². The fourth-order valence-corrected chi connectivity index (χ4v) is 6.54. The van der Waals surface area contributed by atoms with Crippen molar-refractivity contribution in [2.75, 3.05) is 19.0 Å². The molecule has 0 aliphatic heterocycles. The number of rotatable bonds is 10. The lowest BCUT2D eigenvalue weighted by Crippen LogP contribution is -2.24. The molecule has 2 aromatic heterocycles. The van der Waals surface area contributed by atoms with E-state index in [1.54, 1.807) is 28.0 Å². The van der Waals surface area contributed by atoms with Crippen LogP contribution in [0, 0.1) is 0 Å². The smallest absolute Gasteiger partial charge is 0.267 e. The summed E-state index contributed by atoms with van der Waals surface area (Å²) >= 11 is 2.75. The lowest BCUT2D eigenvalue weighted by Gasteiger charge is -2.13. The molecular formula is C28H28N4O5S2. The summed E-state index contributed by atoms with van der Waals surface area (Å²) in [5.74, 6) is 0.761. The quantitative estimate of drug-likeness (QED) is 0.124. The molecule has 1 aliphatic carbocycles. The van der Waals surface area contributed by atoms with Gasteiger partial charge in [-0.05, 0) is 86.7 Å². The van der Waals surface area contributed by atoms with Crippen molar-refractivity contribution in [3.63, 3.8) is 0 Å². The van der Waals surface area contributed by atoms with Gasteiger partial charge in [0.15, 0.2) is 16.7 Å². The minimum Gasteiger partial charge on any atom is -0.504 e. The van der Waals surface area contributed by atoms with Gasteiger partial charge in [-0.2, -0.15) is 5.10 Å². The van der Waals surface area contributed by atoms with Crippen molar-refractivity contribution in [1.29, 1.82) is 0 Å². The number of fused-ring (bicyclic) bond motifs is 3. The predicted octanol–water partition coefficient (Wildman–Crippen LogP) is 4.68. The predicted molar refractivity (Wildman–Crippen MR) is 154 cm³/mol. The van der Waals surface area contributed by atoms with Crippen molar-refractivity contribution >= 4 is 45.4 Å². The van der Waals surface area contributed by atoms with Crippen molar-refractivity contribution < 1.29 is 19.4 Å². The minimum absolute atomic E-state index is 0.0111. The van der Waals surface area contributed by atoms with Crippen LogP contribution in [0.5, 0.6) is 17.2 Å². The van der Waals surface area contributed by atoms with Crippen LogP contribution in [0.4, 0.5) is 0 Å². The zero-order chi connectivity index (χ0) is 27.4. The molecule has 9 nitrogen and oxygen atoms in total. The molecule has 11 heteroatoms. The van der Waals surface area contributed by atoms with Crippen molar-refractivity contribution in [2.24, 2.45) is 5.10 Å². The van der Waals surface area contributed by atoms with Gasteiger partial charge in [-0.15, -0.1) is 11.3 Å². The highest BCUT2D eigenvalue weighted by molar-refractivity contribution is 7.99. The second-order valence-corrected chi connectivity index (χ2v) is 10.8. The largest absolute Gasteiger partial charge is 0.504 e. The number of thioether (sulfide) groups is 1. The van der Waals surface area contributed by atoms with Gasteiger partial charge in [-0.1, -0.05) is 11.8 Å². The zero-order valence-electron chi connectivity index (χ0n) is 21.6. The first kappa shape index (κ1) is 26.8. The Morgan fingerprint density at radius 3 is 2.74 bits per heavy atom.